The number of hydrogen-bond acceptors (Lipinski definition) is 3. The van der Waals surface area contributed by atoms with Crippen LogP contribution in [0.25, 0.3) is 0 Å². The summed E-state index contributed by atoms with van der Waals surface area (Å²) < 4.78 is 32.7. The van der Waals surface area contributed by atoms with E-state index in [2.05, 4.69) is 5.32 Å². The van der Waals surface area contributed by atoms with Gasteiger partial charge in [0.15, 0.2) is 23.5 Å². The fourth-order valence-electron chi connectivity index (χ4n) is 1.88. The van der Waals surface area contributed by atoms with Crippen molar-refractivity contribution in [3.05, 3.63) is 29.3 Å². The second-order valence-corrected chi connectivity index (χ2v) is 4.87. The fraction of sp³-hybridized carbons (Fsp3) is 0.533. The molecule has 0 aliphatic heterocycles. The molecule has 4 nitrogen and oxygen atoms in total. The number of nitrogens with two attached hydrogens (primary N) is 1. The molecule has 0 aromatic heterocycles. The molecule has 1 aromatic rings. The van der Waals surface area contributed by atoms with Gasteiger partial charge in [-0.1, -0.05) is 13.8 Å². The predicted octanol–water partition coefficient (Wildman–Crippen LogP) is 2.50. The van der Waals surface area contributed by atoms with Gasteiger partial charge in [-0.2, -0.15) is 0 Å². The minimum Gasteiger partial charge on any atom is -0.475 e. The number of nitrogens with one attached hydrogen (secondary N) is 1. The Morgan fingerprint density at radius 3 is 2.24 bits per heavy atom. The summed E-state index contributed by atoms with van der Waals surface area (Å²) >= 11 is 0. The lowest BCUT2D eigenvalue weighted by Gasteiger charge is -2.20. The maximum atomic E-state index is 13.8. The van der Waals surface area contributed by atoms with Crippen LogP contribution in [0.4, 0.5) is 8.78 Å². The van der Waals surface area contributed by atoms with Crippen molar-refractivity contribution in [2.45, 2.75) is 52.3 Å². The third kappa shape index (κ3) is 4.67. The van der Waals surface area contributed by atoms with Gasteiger partial charge < -0.3 is 15.8 Å². The first-order valence-electron chi connectivity index (χ1n) is 7.07. The van der Waals surface area contributed by atoms with E-state index < -0.39 is 29.4 Å². The number of ether oxygens (including phenoxy) is 1. The molecule has 21 heavy (non-hydrogen) atoms. The van der Waals surface area contributed by atoms with E-state index in [1.165, 1.54) is 6.92 Å². The molecular weight excluding hydrogens is 278 g/mol. The summed E-state index contributed by atoms with van der Waals surface area (Å²) in [7, 11) is 0. The van der Waals surface area contributed by atoms with Crippen molar-refractivity contribution < 1.29 is 18.3 Å². The van der Waals surface area contributed by atoms with Crippen molar-refractivity contribution in [3.8, 4) is 5.75 Å². The average Bonchev–Trinajstić information content (AvgIpc) is 2.47. The molecule has 1 unspecified atom stereocenters. The topological polar surface area (TPSA) is 64.3 Å². The molecule has 1 rings (SSSR count). The molecule has 0 heterocycles. The van der Waals surface area contributed by atoms with Gasteiger partial charge in [0.2, 0.25) is 0 Å². The van der Waals surface area contributed by atoms with Gasteiger partial charge in [0, 0.05) is 12.6 Å². The van der Waals surface area contributed by atoms with Gasteiger partial charge in [-0.05, 0) is 37.5 Å². The van der Waals surface area contributed by atoms with Crippen molar-refractivity contribution in [2.75, 3.05) is 0 Å². The minimum absolute atomic E-state index is 0.0258. The summed E-state index contributed by atoms with van der Waals surface area (Å²) in [6.07, 6.45) is 0.574. The summed E-state index contributed by atoms with van der Waals surface area (Å²) in [4.78, 5) is 11.9. The largest absolute Gasteiger partial charge is 0.475 e. The quantitative estimate of drug-likeness (QED) is 0.813. The maximum Gasteiger partial charge on any atom is 0.260 e. The first-order chi connectivity index (χ1) is 9.92. The normalized spacial score (nSPS) is 12.3. The number of hydrogen-bond donors (Lipinski definition) is 2. The molecule has 3 N–H and O–H groups in total. The molecule has 0 spiro atoms. The number of amides is 1. The van der Waals surface area contributed by atoms with Crippen LogP contribution in [-0.2, 0) is 11.3 Å². The Morgan fingerprint density at radius 2 is 1.81 bits per heavy atom. The Balaban J connectivity index is 2.79. The lowest BCUT2D eigenvalue weighted by atomic mass is 10.1. The van der Waals surface area contributed by atoms with Gasteiger partial charge in [-0.25, -0.2) is 8.78 Å². The van der Waals surface area contributed by atoms with Crippen LogP contribution in [0.3, 0.4) is 0 Å². The Hall–Kier alpha value is -1.69. The van der Waals surface area contributed by atoms with Crippen LogP contribution in [0.2, 0.25) is 0 Å². The number of carbonyl (C=O) groups excluding carboxylic acids is 1. The second kappa shape index (κ2) is 7.93. The zero-order chi connectivity index (χ0) is 16.0. The molecule has 0 fully saturated rings. The van der Waals surface area contributed by atoms with Crippen molar-refractivity contribution >= 4 is 5.91 Å². The molecule has 1 aromatic carbocycles. The standard InChI is InChI=1S/C15H22F2N2O2/c1-4-11(5-2)19-15(20)9(3)21-14-12(16)6-10(8-18)7-13(14)17/h6-7,9,11H,4-5,8,18H2,1-3H3,(H,19,20). The van der Waals surface area contributed by atoms with Gasteiger partial charge in [0.05, 0.1) is 0 Å². The fourth-order valence-corrected chi connectivity index (χ4v) is 1.88. The van der Waals surface area contributed by atoms with Gasteiger partial charge in [0.25, 0.3) is 5.91 Å². The number of benzene rings is 1. The summed E-state index contributed by atoms with van der Waals surface area (Å²) in [5.74, 6) is -2.68. The highest BCUT2D eigenvalue weighted by Gasteiger charge is 2.21. The molecule has 1 amide bonds. The third-order valence-electron chi connectivity index (χ3n) is 3.29. The van der Waals surface area contributed by atoms with Crippen molar-refractivity contribution in [1.29, 1.82) is 0 Å². The van der Waals surface area contributed by atoms with E-state index in [0.29, 0.717) is 5.56 Å². The molecule has 0 bridgehead atoms. The SMILES string of the molecule is CCC(CC)NC(=O)C(C)Oc1c(F)cc(CN)cc1F. The highest BCUT2D eigenvalue weighted by molar-refractivity contribution is 5.81. The van der Waals surface area contributed by atoms with Crippen LogP contribution >= 0.6 is 0 Å². The Kier molecular flexibility index (Phi) is 6.55. The predicted molar refractivity (Wildman–Crippen MR) is 76.9 cm³/mol. The number of halogens is 2. The first-order valence-corrected chi connectivity index (χ1v) is 7.07. The van der Waals surface area contributed by atoms with Crippen LogP contribution in [0.5, 0.6) is 5.75 Å². The van der Waals surface area contributed by atoms with E-state index in [-0.39, 0.29) is 12.6 Å². The zero-order valence-electron chi connectivity index (χ0n) is 12.6. The lowest BCUT2D eigenvalue weighted by molar-refractivity contribution is -0.128. The third-order valence-corrected chi connectivity index (χ3v) is 3.29. The molecule has 118 valence electrons. The van der Waals surface area contributed by atoms with E-state index >= 15 is 0 Å². The van der Waals surface area contributed by atoms with Crippen LogP contribution in [-0.4, -0.2) is 18.1 Å². The lowest BCUT2D eigenvalue weighted by Crippen LogP contribution is -2.42. The highest BCUT2D eigenvalue weighted by Crippen LogP contribution is 2.24. The first kappa shape index (κ1) is 17.4. The molecule has 6 heteroatoms. The van der Waals surface area contributed by atoms with Crippen molar-refractivity contribution in [2.24, 2.45) is 5.73 Å². The van der Waals surface area contributed by atoms with E-state index in [1.54, 1.807) is 0 Å². The van der Waals surface area contributed by atoms with Gasteiger partial charge in [-0.3, -0.25) is 4.79 Å². The van der Waals surface area contributed by atoms with Crippen molar-refractivity contribution in [1.82, 2.24) is 5.32 Å². The van der Waals surface area contributed by atoms with E-state index in [4.69, 9.17) is 10.5 Å². The van der Waals surface area contributed by atoms with Crippen molar-refractivity contribution in [3.63, 3.8) is 0 Å². The molecule has 1 atom stereocenters. The van der Waals surface area contributed by atoms with Crippen LogP contribution in [0.1, 0.15) is 39.2 Å². The monoisotopic (exact) mass is 300 g/mol. The molecule has 0 aliphatic rings. The van der Waals surface area contributed by atoms with Gasteiger partial charge >= 0.3 is 0 Å². The summed E-state index contributed by atoms with van der Waals surface area (Å²) in [6.45, 7) is 5.38. The maximum absolute atomic E-state index is 13.8. The Morgan fingerprint density at radius 1 is 1.29 bits per heavy atom. The van der Waals surface area contributed by atoms with Crippen LogP contribution in [0.15, 0.2) is 12.1 Å². The zero-order valence-corrected chi connectivity index (χ0v) is 12.6. The van der Waals surface area contributed by atoms with Gasteiger partial charge in [-0.15, -0.1) is 0 Å². The smallest absolute Gasteiger partial charge is 0.260 e. The second-order valence-electron chi connectivity index (χ2n) is 4.87. The van der Waals surface area contributed by atoms with E-state index in [0.717, 1.165) is 25.0 Å². The summed E-state index contributed by atoms with van der Waals surface area (Å²) in [5.41, 5.74) is 5.66. The Labute approximate surface area is 123 Å². The summed E-state index contributed by atoms with van der Waals surface area (Å²) in [6, 6.07) is 2.23. The van der Waals surface area contributed by atoms with Crippen LogP contribution in [0, 0.1) is 11.6 Å². The van der Waals surface area contributed by atoms with Gasteiger partial charge in [0.1, 0.15) is 0 Å². The molecule has 0 aliphatic carbocycles. The van der Waals surface area contributed by atoms with E-state index in [1.807, 2.05) is 13.8 Å². The van der Waals surface area contributed by atoms with E-state index in [9.17, 15) is 13.6 Å². The van der Waals surface area contributed by atoms with Crippen LogP contribution < -0.4 is 15.8 Å². The summed E-state index contributed by atoms with van der Waals surface area (Å²) in [5, 5.41) is 2.77. The molecule has 0 radical (unpaired) electrons. The average molecular weight is 300 g/mol. The number of carbonyl (C=O) groups is 1. The molecule has 0 saturated carbocycles. The Bertz CT molecular complexity index is 468. The molecular formula is C15H22F2N2O2. The molecule has 0 saturated heterocycles. The number of rotatable bonds is 7. The highest BCUT2D eigenvalue weighted by atomic mass is 19.1. The minimum atomic E-state index is -0.988.